The van der Waals surface area contributed by atoms with Crippen LogP contribution in [0, 0.1) is 5.92 Å². The van der Waals surface area contributed by atoms with Gasteiger partial charge in [0.1, 0.15) is 5.75 Å². The number of methoxy groups -OCH3 is 1. The highest BCUT2D eigenvalue weighted by molar-refractivity contribution is 5.78. The smallest absolute Gasteiger partial charge is 0.259 e. The van der Waals surface area contributed by atoms with Gasteiger partial charge in [-0.25, -0.2) is 0 Å². The fraction of sp³-hybridized carbons (Fsp3) is 0.391. The third kappa shape index (κ3) is 5.03. The average Bonchev–Trinajstić information content (AvgIpc) is 3.28. The largest absolute Gasteiger partial charge is 0.497 e. The molecule has 1 aliphatic rings. The van der Waals surface area contributed by atoms with Gasteiger partial charge >= 0.3 is 0 Å². The minimum atomic E-state index is 0.184. The Kier molecular flexibility index (Phi) is 6.37. The molecule has 2 aromatic heterocycles. The molecule has 1 aliphatic heterocycles. The minimum Gasteiger partial charge on any atom is -0.497 e. The van der Waals surface area contributed by atoms with Crippen LogP contribution in [0.25, 0.3) is 11.5 Å². The van der Waals surface area contributed by atoms with Crippen molar-refractivity contribution >= 4 is 5.91 Å². The number of rotatable bonds is 7. The molecule has 1 aromatic carbocycles. The first-order valence-corrected chi connectivity index (χ1v) is 10.3. The number of hydrogen-bond acceptors (Lipinski definition) is 6. The molecule has 0 saturated carbocycles. The number of carbonyl (C=O) groups is 1. The van der Waals surface area contributed by atoms with Crippen molar-refractivity contribution in [3.05, 3.63) is 60.2 Å². The van der Waals surface area contributed by atoms with E-state index in [2.05, 4.69) is 15.1 Å². The second kappa shape index (κ2) is 9.52. The third-order valence-corrected chi connectivity index (χ3v) is 5.54. The number of carbonyl (C=O) groups excluding carboxylic acids is 1. The second-order valence-electron chi connectivity index (χ2n) is 7.67. The third-order valence-electron chi connectivity index (χ3n) is 5.54. The molecule has 156 valence electrons. The molecule has 0 N–H and O–H groups in total. The van der Waals surface area contributed by atoms with Gasteiger partial charge in [0.15, 0.2) is 5.82 Å². The van der Waals surface area contributed by atoms with E-state index in [1.165, 1.54) is 0 Å². The molecule has 1 amide bonds. The number of hydrogen-bond donors (Lipinski definition) is 0. The standard InChI is InChI=1S/C23H26N4O3/c1-29-20-9-6-17(7-10-20)14-22(28)27-13-3-4-18(16-27)8-11-21-25-23(30-26-21)19-5-2-12-24-15-19/h2,5-7,9-10,12,15,18H,3-4,8,11,13-14,16H2,1H3. The van der Waals surface area contributed by atoms with E-state index in [-0.39, 0.29) is 5.91 Å². The van der Waals surface area contributed by atoms with E-state index in [1.807, 2.05) is 41.3 Å². The molecule has 7 nitrogen and oxygen atoms in total. The molecule has 3 heterocycles. The zero-order valence-corrected chi connectivity index (χ0v) is 17.2. The molecule has 0 bridgehead atoms. The lowest BCUT2D eigenvalue weighted by Gasteiger charge is -2.32. The lowest BCUT2D eigenvalue weighted by atomic mass is 9.93. The van der Waals surface area contributed by atoms with Gasteiger partial charge in [0.2, 0.25) is 5.91 Å². The van der Waals surface area contributed by atoms with E-state index in [0.717, 1.165) is 55.6 Å². The molecule has 1 saturated heterocycles. The number of pyridine rings is 1. The van der Waals surface area contributed by atoms with E-state index in [0.29, 0.717) is 24.1 Å². The van der Waals surface area contributed by atoms with Crippen molar-refractivity contribution in [1.29, 1.82) is 0 Å². The number of amides is 1. The fourth-order valence-corrected chi connectivity index (χ4v) is 3.85. The average molecular weight is 406 g/mol. The first-order valence-electron chi connectivity index (χ1n) is 10.3. The van der Waals surface area contributed by atoms with E-state index in [4.69, 9.17) is 9.26 Å². The summed E-state index contributed by atoms with van der Waals surface area (Å²) in [5.74, 6) is 2.65. The number of nitrogens with zero attached hydrogens (tertiary/aromatic N) is 4. The number of piperidine rings is 1. The van der Waals surface area contributed by atoms with E-state index >= 15 is 0 Å². The van der Waals surface area contributed by atoms with Crippen LogP contribution in [0.2, 0.25) is 0 Å². The van der Waals surface area contributed by atoms with Crippen molar-refractivity contribution < 1.29 is 14.1 Å². The summed E-state index contributed by atoms with van der Waals surface area (Å²) in [5, 5.41) is 4.10. The van der Waals surface area contributed by atoms with Crippen molar-refractivity contribution in [2.75, 3.05) is 20.2 Å². The summed E-state index contributed by atoms with van der Waals surface area (Å²) in [6.45, 7) is 1.63. The molecule has 3 aromatic rings. The summed E-state index contributed by atoms with van der Waals surface area (Å²) >= 11 is 0. The molecule has 0 radical (unpaired) electrons. The van der Waals surface area contributed by atoms with Crippen LogP contribution in [0.3, 0.4) is 0 Å². The Morgan fingerprint density at radius 1 is 1.27 bits per heavy atom. The Bertz CT molecular complexity index is 956. The van der Waals surface area contributed by atoms with Gasteiger partial charge in [-0.1, -0.05) is 17.3 Å². The Balaban J connectivity index is 1.28. The molecule has 1 atom stereocenters. The van der Waals surface area contributed by atoms with Crippen molar-refractivity contribution in [1.82, 2.24) is 20.0 Å². The first kappa shape index (κ1) is 20.1. The van der Waals surface area contributed by atoms with Crippen molar-refractivity contribution in [2.45, 2.75) is 32.1 Å². The quantitative estimate of drug-likeness (QED) is 0.597. The summed E-state index contributed by atoms with van der Waals surface area (Å²) in [5.41, 5.74) is 1.84. The predicted molar refractivity (Wildman–Crippen MR) is 112 cm³/mol. The minimum absolute atomic E-state index is 0.184. The highest BCUT2D eigenvalue weighted by Crippen LogP contribution is 2.23. The number of benzene rings is 1. The van der Waals surface area contributed by atoms with Crippen molar-refractivity contribution in [3.63, 3.8) is 0 Å². The molecule has 0 spiro atoms. The molecule has 4 rings (SSSR count). The van der Waals surface area contributed by atoms with E-state index < -0.39 is 0 Å². The van der Waals surface area contributed by atoms with Gasteiger partial charge in [-0.3, -0.25) is 9.78 Å². The van der Waals surface area contributed by atoms with Crippen molar-refractivity contribution in [3.8, 4) is 17.2 Å². The van der Waals surface area contributed by atoms with Crippen LogP contribution in [-0.2, 0) is 17.6 Å². The van der Waals surface area contributed by atoms with Gasteiger partial charge in [-0.15, -0.1) is 0 Å². The summed E-state index contributed by atoms with van der Waals surface area (Å²) in [7, 11) is 1.64. The maximum Gasteiger partial charge on any atom is 0.259 e. The van der Waals surface area contributed by atoms with Crippen LogP contribution in [0.1, 0.15) is 30.7 Å². The van der Waals surface area contributed by atoms with Gasteiger partial charge < -0.3 is 14.2 Å². The molecule has 0 aliphatic carbocycles. The summed E-state index contributed by atoms with van der Waals surface area (Å²) < 4.78 is 10.5. The van der Waals surface area contributed by atoms with Gasteiger partial charge in [0.25, 0.3) is 5.89 Å². The zero-order valence-electron chi connectivity index (χ0n) is 17.2. The molecule has 1 fully saturated rings. The summed E-state index contributed by atoms with van der Waals surface area (Å²) in [4.78, 5) is 23.3. The molecule has 7 heteroatoms. The van der Waals surface area contributed by atoms with Gasteiger partial charge in [-0.2, -0.15) is 4.98 Å². The lowest BCUT2D eigenvalue weighted by molar-refractivity contribution is -0.132. The number of aryl methyl sites for hydroxylation is 1. The SMILES string of the molecule is COc1ccc(CC(=O)N2CCCC(CCc3noc(-c4cccnc4)n3)C2)cc1. The molecular weight excluding hydrogens is 380 g/mol. The normalized spacial score (nSPS) is 16.4. The molecule has 30 heavy (non-hydrogen) atoms. The zero-order chi connectivity index (χ0) is 20.8. The van der Waals surface area contributed by atoms with Gasteiger partial charge in [-0.05, 0) is 55.0 Å². The topological polar surface area (TPSA) is 81.4 Å². The second-order valence-corrected chi connectivity index (χ2v) is 7.67. The Morgan fingerprint density at radius 3 is 2.90 bits per heavy atom. The molecule has 1 unspecified atom stereocenters. The number of aromatic nitrogens is 3. The van der Waals surface area contributed by atoms with Crippen LogP contribution in [0.5, 0.6) is 5.75 Å². The Morgan fingerprint density at radius 2 is 2.13 bits per heavy atom. The van der Waals surface area contributed by atoms with Crippen LogP contribution >= 0.6 is 0 Å². The summed E-state index contributed by atoms with van der Waals surface area (Å²) in [6, 6.07) is 11.4. The number of likely N-dealkylation sites (tertiary alicyclic amines) is 1. The first-order chi connectivity index (χ1) is 14.7. The predicted octanol–water partition coefficient (Wildman–Crippen LogP) is 3.55. The molecular formula is C23H26N4O3. The maximum absolute atomic E-state index is 12.8. The van der Waals surface area contributed by atoms with Crippen LogP contribution in [-0.4, -0.2) is 46.1 Å². The highest BCUT2D eigenvalue weighted by atomic mass is 16.5. The maximum atomic E-state index is 12.8. The van der Waals surface area contributed by atoms with Gasteiger partial charge in [0.05, 0.1) is 19.1 Å². The van der Waals surface area contributed by atoms with Crippen LogP contribution in [0.4, 0.5) is 0 Å². The highest BCUT2D eigenvalue weighted by Gasteiger charge is 2.24. The van der Waals surface area contributed by atoms with Crippen LogP contribution in [0.15, 0.2) is 53.3 Å². The van der Waals surface area contributed by atoms with E-state index in [1.54, 1.807) is 19.5 Å². The van der Waals surface area contributed by atoms with E-state index in [9.17, 15) is 4.79 Å². The van der Waals surface area contributed by atoms with Crippen molar-refractivity contribution in [2.24, 2.45) is 5.92 Å². The Labute approximate surface area is 176 Å². The monoisotopic (exact) mass is 406 g/mol. The Hall–Kier alpha value is -3.22. The van der Waals surface area contributed by atoms with Gasteiger partial charge in [0, 0.05) is 31.9 Å². The van der Waals surface area contributed by atoms with Crippen LogP contribution < -0.4 is 4.74 Å². The summed E-state index contributed by atoms with van der Waals surface area (Å²) in [6.07, 6.45) is 7.70. The lowest BCUT2D eigenvalue weighted by Crippen LogP contribution is -2.40. The fourth-order valence-electron chi connectivity index (χ4n) is 3.85. The number of ether oxygens (including phenoxy) is 1.